The molecule has 12 heteroatoms. The predicted molar refractivity (Wildman–Crippen MR) is 239 cm³/mol. The fourth-order valence-electron chi connectivity index (χ4n) is 9.65. The van der Waals surface area contributed by atoms with E-state index in [1.165, 1.54) is 12.8 Å². The Morgan fingerprint density at radius 3 is 2.32 bits per heavy atom. The molecule has 8 N–H and O–H groups in total. The van der Waals surface area contributed by atoms with Crippen molar-refractivity contribution in [3.8, 4) is 11.1 Å². The van der Waals surface area contributed by atoms with Crippen LogP contribution in [-0.2, 0) is 19.3 Å². The number of hydrogen-bond acceptors (Lipinski definition) is 9. The highest BCUT2D eigenvalue weighted by molar-refractivity contribution is 6.05. The van der Waals surface area contributed by atoms with Crippen LogP contribution in [0.3, 0.4) is 0 Å². The summed E-state index contributed by atoms with van der Waals surface area (Å²) in [6, 6.07) is 21.2. The van der Waals surface area contributed by atoms with E-state index in [2.05, 4.69) is 85.5 Å². The molecule has 4 aromatic carbocycles. The number of anilines is 4. The Morgan fingerprint density at radius 1 is 0.814 bits per heavy atom. The number of carbonyl (C=O) groups is 2. The van der Waals surface area contributed by atoms with Gasteiger partial charge >= 0.3 is 0 Å². The number of fused-ring (bicyclic) bond motifs is 3. The van der Waals surface area contributed by atoms with Crippen LogP contribution in [0.5, 0.6) is 0 Å². The van der Waals surface area contributed by atoms with Gasteiger partial charge in [-0.2, -0.15) is 0 Å². The van der Waals surface area contributed by atoms with Crippen molar-refractivity contribution in [1.82, 2.24) is 20.6 Å². The number of imidazole rings is 1. The number of aliphatic imine (C=N–C) groups is 2. The molecule has 3 heterocycles. The second kappa shape index (κ2) is 16.7. The number of nitrogens with one attached hydrogen (secondary N) is 6. The largest absolute Gasteiger partial charge is 0.381 e. The van der Waals surface area contributed by atoms with E-state index in [4.69, 9.17) is 10.7 Å². The van der Waals surface area contributed by atoms with Gasteiger partial charge in [-0.25, -0.2) is 4.98 Å². The molecule has 5 aromatic rings. The Morgan fingerprint density at radius 2 is 1.53 bits per heavy atom. The van der Waals surface area contributed by atoms with Gasteiger partial charge < -0.3 is 37.3 Å². The normalized spacial score (nSPS) is 21.8. The molecule has 2 saturated carbocycles. The number of nitrogens with two attached hydrogens (primary N) is 1. The van der Waals surface area contributed by atoms with Crippen molar-refractivity contribution in [3.05, 3.63) is 94.8 Å². The van der Waals surface area contributed by atoms with Crippen molar-refractivity contribution in [2.75, 3.05) is 29.0 Å². The molecule has 2 aliphatic heterocycles. The third-order valence-electron chi connectivity index (χ3n) is 12.6. The molecule has 4 unspecified atom stereocenters. The monoisotopic (exact) mass is 790 g/mol. The lowest BCUT2D eigenvalue weighted by atomic mass is 9.88. The summed E-state index contributed by atoms with van der Waals surface area (Å²) >= 11 is 0. The van der Waals surface area contributed by atoms with Gasteiger partial charge in [0.15, 0.2) is 0 Å². The third kappa shape index (κ3) is 8.18. The van der Waals surface area contributed by atoms with E-state index < -0.39 is 0 Å². The molecule has 12 nitrogen and oxygen atoms in total. The minimum Gasteiger partial charge on any atom is -0.381 e. The average Bonchev–Trinajstić information content (AvgIpc) is 3.71. The van der Waals surface area contributed by atoms with Gasteiger partial charge in [-0.1, -0.05) is 31.7 Å². The zero-order valence-corrected chi connectivity index (χ0v) is 33.8. The molecule has 59 heavy (non-hydrogen) atoms. The fraction of sp³-hybridized carbons (Fsp3) is 0.383. The van der Waals surface area contributed by atoms with Crippen LogP contribution in [0, 0.1) is 0 Å². The number of rotatable bonds is 11. The third-order valence-corrected chi connectivity index (χ3v) is 12.6. The lowest BCUT2D eigenvalue weighted by Gasteiger charge is -2.32. The molecule has 4 atom stereocenters. The maximum absolute atomic E-state index is 13.2. The minimum absolute atomic E-state index is 0.0313. The highest BCUT2D eigenvalue weighted by Gasteiger charge is 2.29. The van der Waals surface area contributed by atoms with Gasteiger partial charge in [0, 0.05) is 60.4 Å². The van der Waals surface area contributed by atoms with Crippen molar-refractivity contribution < 1.29 is 9.59 Å². The lowest BCUT2D eigenvalue weighted by molar-refractivity contribution is 0.0938. The summed E-state index contributed by atoms with van der Waals surface area (Å²) in [5.74, 6) is -0.0956. The lowest BCUT2D eigenvalue weighted by Crippen LogP contribution is -2.42. The average molecular weight is 791 g/mol. The van der Waals surface area contributed by atoms with E-state index in [9.17, 15) is 9.59 Å². The molecule has 2 fully saturated rings. The Kier molecular flexibility index (Phi) is 10.9. The maximum atomic E-state index is 13.2. The molecule has 0 radical (unpaired) electrons. The molecule has 1 aromatic heterocycles. The second-order valence-electron chi connectivity index (χ2n) is 16.7. The quantitative estimate of drug-likeness (QED) is 0.0665. The number of benzene rings is 4. The first kappa shape index (κ1) is 38.5. The molecular weight excluding hydrogens is 737 g/mol. The van der Waals surface area contributed by atoms with Crippen LogP contribution in [-0.4, -0.2) is 71.5 Å². The molecule has 2 aliphatic carbocycles. The first-order valence-corrected chi connectivity index (χ1v) is 21.3. The molecule has 4 aliphatic rings. The van der Waals surface area contributed by atoms with E-state index in [0.29, 0.717) is 25.1 Å². The summed E-state index contributed by atoms with van der Waals surface area (Å²) in [7, 11) is 0. The fourth-order valence-corrected chi connectivity index (χ4v) is 9.65. The highest BCUT2D eigenvalue weighted by atomic mass is 16.2. The molecule has 0 spiro atoms. The molecule has 2 amide bonds. The van der Waals surface area contributed by atoms with Gasteiger partial charge in [-0.15, -0.1) is 0 Å². The van der Waals surface area contributed by atoms with Crippen molar-refractivity contribution in [3.63, 3.8) is 0 Å². The Bertz CT molecular complexity index is 2450. The van der Waals surface area contributed by atoms with Crippen molar-refractivity contribution in [2.45, 2.75) is 102 Å². The second-order valence-corrected chi connectivity index (χ2v) is 16.7. The number of H-pyrrole nitrogens is 1. The highest BCUT2D eigenvalue weighted by Crippen LogP contribution is 2.36. The number of carbonyl (C=O) groups excluding carboxylic acids is 2. The topological polar surface area (TPSA) is 174 Å². The Hall–Kier alpha value is -6.01. The first-order valence-electron chi connectivity index (χ1n) is 21.3. The van der Waals surface area contributed by atoms with Crippen LogP contribution in [0.25, 0.3) is 22.2 Å². The van der Waals surface area contributed by atoms with E-state index in [0.717, 1.165) is 130 Å². The SMILES string of the molecule is C=Nc1ccc(Nc2cc(NC3CCCCC3N)cc3c2C(=O)NCC3)cc1CC(C)=NC1CCCCC1Nc1cc2c(c(-c3ccc4nc[nH]c4c3)c1)C(=O)NCC2. The van der Waals surface area contributed by atoms with Crippen molar-refractivity contribution in [1.29, 1.82) is 0 Å². The molecule has 0 saturated heterocycles. The van der Waals surface area contributed by atoms with Gasteiger partial charge in [0.1, 0.15) is 0 Å². The van der Waals surface area contributed by atoms with Crippen LogP contribution in [0.1, 0.15) is 95.7 Å². The Labute approximate surface area is 345 Å². The first-order chi connectivity index (χ1) is 28.8. The predicted octanol–water partition coefficient (Wildman–Crippen LogP) is 7.99. The maximum Gasteiger partial charge on any atom is 0.253 e. The van der Waals surface area contributed by atoms with Gasteiger partial charge in [-0.05, 0) is 135 Å². The summed E-state index contributed by atoms with van der Waals surface area (Å²) in [4.78, 5) is 43.8. The van der Waals surface area contributed by atoms with E-state index in [-0.39, 0.29) is 36.0 Å². The summed E-state index contributed by atoms with van der Waals surface area (Å²) in [6.45, 7) is 7.23. The van der Waals surface area contributed by atoms with Gasteiger partial charge in [0.25, 0.3) is 11.8 Å². The van der Waals surface area contributed by atoms with Crippen molar-refractivity contribution >= 4 is 63.7 Å². The summed E-state index contributed by atoms with van der Waals surface area (Å²) in [5.41, 5.74) is 20.2. The molecule has 0 bridgehead atoms. The number of aromatic nitrogens is 2. The summed E-state index contributed by atoms with van der Waals surface area (Å²) in [6.07, 6.45) is 12.5. The zero-order chi connectivity index (χ0) is 40.5. The summed E-state index contributed by atoms with van der Waals surface area (Å²) in [5, 5.41) is 17.3. The van der Waals surface area contributed by atoms with Gasteiger partial charge in [-0.3, -0.25) is 19.6 Å². The van der Waals surface area contributed by atoms with Crippen LogP contribution in [0.15, 0.2) is 77.0 Å². The standard InChI is InChI=1S/C47H54N10O2/c1-27(19-31-22-32(12-14-37(31)49-2)55-43-25-34(56-38-8-4-3-7-36(38)48)21-30-16-18-51-47(59)45(30)43)54-40-9-5-6-10-41(40)57-33-20-29-15-17-50-46(58)44(29)35(24-33)28-11-13-39-42(23-28)53-26-52-39/h11-14,20-26,36,38,40-41,55-57H,2-10,15-19,48H2,1H3,(H,50,58)(H,51,59)(H,52,53). The zero-order valence-electron chi connectivity index (χ0n) is 33.8. The number of nitrogens with zero attached hydrogens (tertiary/aromatic N) is 3. The van der Waals surface area contributed by atoms with E-state index in [1.807, 2.05) is 30.3 Å². The summed E-state index contributed by atoms with van der Waals surface area (Å²) < 4.78 is 0. The van der Waals surface area contributed by atoms with Crippen molar-refractivity contribution in [2.24, 2.45) is 15.7 Å². The number of amides is 2. The van der Waals surface area contributed by atoms with E-state index >= 15 is 0 Å². The van der Waals surface area contributed by atoms with Crippen LogP contribution < -0.4 is 32.3 Å². The molecule has 304 valence electrons. The van der Waals surface area contributed by atoms with Crippen LogP contribution in [0.4, 0.5) is 28.4 Å². The number of hydrogen-bond donors (Lipinski definition) is 7. The molecular formula is C47H54N10O2. The van der Waals surface area contributed by atoms with E-state index in [1.54, 1.807) is 6.33 Å². The molecule has 9 rings (SSSR count). The van der Waals surface area contributed by atoms with Crippen LogP contribution in [0.2, 0.25) is 0 Å². The smallest absolute Gasteiger partial charge is 0.253 e. The van der Waals surface area contributed by atoms with Gasteiger partial charge in [0.2, 0.25) is 0 Å². The Balaban J connectivity index is 0.960. The number of aromatic amines is 1. The van der Waals surface area contributed by atoms with Crippen LogP contribution >= 0.6 is 0 Å². The van der Waals surface area contributed by atoms with Gasteiger partial charge in [0.05, 0.1) is 45.9 Å². The minimum atomic E-state index is -0.0642.